The lowest BCUT2D eigenvalue weighted by atomic mass is 9.85. The summed E-state index contributed by atoms with van der Waals surface area (Å²) in [6.45, 7) is 19.3. The standard InChI is InChI=1S/C31H33N3/c1-18-19(2)29(26(17-33)20(3)25(18)16-32)34-27-12-10-21(30(4,5)6)14-23(27)24-15-22(31(7,8)9)11-13-28(24)34/h10-15H,1-9H3. The first-order chi connectivity index (χ1) is 15.8. The number of benzene rings is 3. The van der Waals surface area contributed by atoms with Crippen LogP contribution in [0.25, 0.3) is 27.5 Å². The molecule has 0 bridgehead atoms. The van der Waals surface area contributed by atoms with Gasteiger partial charge in [0.05, 0.1) is 33.9 Å². The Bertz CT molecular complexity index is 1480. The fourth-order valence-corrected chi connectivity index (χ4v) is 4.92. The molecule has 3 heteroatoms. The van der Waals surface area contributed by atoms with Crippen LogP contribution >= 0.6 is 0 Å². The van der Waals surface area contributed by atoms with E-state index >= 15 is 0 Å². The van der Waals surface area contributed by atoms with Gasteiger partial charge in [-0.3, -0.25) is 0 Å². The van der Waals surface area contributed by atoms with Crippen molar-refractivity contribution in [3.8, 4) is 17.8 Å². The normalized spacial score (nSPS) is 12.2. The number of nitrogens with zero attached hydrogens (tertiary/aromatic N) is 3. The van der Waals surface area contributed by atoms with Gasteiger partial charge in [-0.2, -0.15) is 10.5 Å². The number of aromatic nitrogens is 1. The summed E-state index contributed by atoms with van der Waals surface area (Å²) in [4.78, 5) is 0. The van der Waals surface area contributed by atoms with E-state index in [0.717, 1.165) is 33.4 Å². The largest absolute Gasteiger partial charge is 0.308 e. The van der Waals surface area contributed by atoms with Crippen LogP contribution in [0, 0.1) is 43.4 Å². The highest BCUT2D eigenvalue weighted by molar-refractivity contribution is 6.10. The van der Waals surface area contributed by atoms with Crippen molar-refractivity contribution in [3.05, 3.63) is 75.3 Å². The Hall–Kier alpha value is -3.56. The Morgan fingerprint density at radius 3 is 1.44 bits per heavy atom. The quantitative estimate of drug-likeness (QED) is 0.296. The van der Waals surface area contributed by atoms with Crippen LogP contribution in [0.5, 0.6) is 0 Å². The first-order valence-electron chi connectivity index (χ1n) is 11.8. The molecule has 4 rings (SSSR count). The Morgan fingerprint density at radius 1 is 0.618 bits per heavy atom. The zero-order chi connectivity index (χ0) is 25.2. The monoisotopic (exact) mass is 447 g/mol. The number of fused-ring (bicyclic) bond motifs is 3. The summed E-state index contributed by atoms with van der Waals surface area (Å²) in [7, 11) is 0. The summed E-state index contributed by atoms with van der Waals surface area (Å²) in [5, 5.41) is 22.3. The van der Waals surface area contributed by atoms with Crippen molar-refractivity contribution >= 4 is 21.8 Å². The molecule has 0 N–H and O–H groups in total. The van der Waals surface area contributed by atoms with E-state index in [-0.39, 0.29) is 10.8 Å². The van der Waals surface area contributed by atoms with Gasteiger partial charge in [-0.05, 0) is 83.7 Å². The molecule has 0 aliphatic heterocycles. The second kappa shape index (κ2) is 7.75. The predicted octanol–water partition coefficient (Wildman–Crippen LogP) is 8.05. The van der Waals surface area contributed by atoms with Crippen LogP contribution in [0.15, 0.2) is 36.4 Å². The molecule has 0 spiro atoms. The van der Waals surface area contributed by atoms with Crippen molar-refractivity contribution in [1.82, 2.24) is 4.57 Å². The molecule has 0 aliphatic carbocycles. The molecule has 3 aromatic carbocycles. The van der Waals surface area contributed by atoms with Gasteiger partial charge < -0.3 is 4.57 Å². The second-order valence-electron chi connectivity index (χ2n) is 11.5. The highest BCUT2D eigenvalue weighted by Crippen LogP contribution is 2.40. The van der Waals surface area contributed by atoms with E-state index in [1.807, 2.05) is 20.8 Å². The molecule has 34 heavy (non-hydrogen) atoms. The summed E-state index contributed by atoms with van der Waals surface area (Å²) >= 11 is 0. The van der Waals surface area contributed by atoms with Crippen LogP contribution in [0.1, 0.15) is 80.5 Å². The summed E-state index contributed by atoms with van der Waals surface area (Å²) in [6, 6.07) is 18.1. The number of hydrogen-bond donors (Lipinski definition) is 0. The highest BCUT2D eigenvalue weighted by atomic mass is 15.0. The van der Waals surface area contributed by atoms with E-state index in [1.165, 1.54) is 21.9 Å². The molecular weight excluding hydrogens is 414 g/mol. The zero-order valence-corrected chi connectivity index (χ0v) is 21.8. The van der Waals surface area contributed by atoms with Gasteiger partial charge in [-0.15, -0.1) is 0 Å². The molecule has 0 fully saturated rings. The summed E-state index contributed by atoms with van der Waals surface area (Å²) in [6.07, 6.45) is 0. The molecular formula is C31H33N3. The summed E-state index contributed by atoms with van der Waals surface area (Å²) in [5.41, 5.74) is 9.47. The molecule has 1 aromatic heterocycles. The third-order valence-corrected chi connectivity index (χ3v) is 7.22. The molecule has 1 heterocycles. The average Bonchev–Trinajstić information content (AvgIpc) is 3.08. The Morgan fingerprint density at radius 2 is 1.06 bits per heavy atom. The smallest absolute Gasteiger partial charge is 0.102 e. The van der Waals surface area contributed by atoms with Crippen LogP contribution in [-0.2, 0) is 10.8 Å². The van der Waals surface area contributed by atoms with Crippen LogP contribution in [0.2, 0.25) is 0 Å². The van der Waals surface area contributed by atoms with Gasteiger partial charge in [0.25, 0.3) is 0 Å². The Kier molecular flexibility index (Phi) is 5.38. The van der Waals surface area contributed by atoms with E-state index in [0.29, 0.717) is 11.1 Å². The van der Waals surface area contributed by atoms with Crippen LogP contribution in [0.4, 0.5) is 0 Å². The molecule has 3 nitrogen and oxygen atoms in total. The van der Waals surface area contributed by atoms with Gasteiger partial charge in [0.2, 0.25) is 0 Å². The molecule has 0 radical (unpaired) electrons. The summed E-state index contributed by atoms with van der Waals surface area (Å²) in [5.74, 6) is 0. The van der Waals surface area contributed by atoms with Gasteiger partial charge >= 0.3 is 0 Å². The number of nitriles is 2. The average molecular weight is 448 g/mol. The lowest BCUT2D eigenvalue weighted by molar-refractivity contribution is 0.590. The van der Waals surface area contributed by atoms with Crippen LogP contribution in [0.3, 0.4) is 0 Å². The van der Waals surface area contributed by atoms with Crippen molar-refractivity contribution in [1.29, 1.82) is 10.5 Å². The minimum Gasteiger partial charge on any atom is -0.308 e. The number of hydrogen-bond acceptors (Lipinski definition) is 2. The third kappa shape index (κ3) is 3.48. The Labute approximate surface area is 203 Å². The van der Waals surface area contributed by atoms with Gasteiger partial charge in [0, 0.05) is 10.8 Å². The molecule has 4 aromatic rings. The van der Waals surface area contributed by atoms with Crippen molar-refractivity contribution in [2.75, 3.05) is 0 Å². The first kappa shape index (κ1) is 23.6. The number of rotatable bonds is 1. The fraction of sp³-hybridized carbons (Fsp3) is 0.355. The van der Waals surface area contributed by atoms with Crippen molar-refractivity contribution in [3.63, 3.8) is 0 Å². The molecule has 0 saturated carbocycles. The van der Waals surface area contributed by atoms with Crippen molar-refractivity contribution in [2.24, 2.45) is 0 Å². The molecule has 0 atom stereocenters. The lowest BCUT2D eigenvalue weighted by Crippen LogP contribution is -2.11. The van der Waals surface area contributed by atoms with Crippen LogP contribution < -0.4 is 0 Å². The molecule has 0 unspecified atom stereocenters. The maximum absolute atomic E-state index is 10.2. The zero-order valence-electron chi connectivity index (χ0n) is 21.8. The topological polar surface area (TPSA) is 52.5 Å². The van der Waals surface area contributed by atoms with Crippen LogP contribution in [-0.4, -0.2) is 4.57 Å². The molecule has 0 saturated heterocycles. The maximum atomic E-state index is 10.2. The van der Waals surface area contributed by atoms with Crippen molar-refractivity contribution < 1.29 is 0 Å². The van der Waals surface area contributed by atoms with E-state index in [9.17, 15) is 10.5 Å². The molecule has 172 valence electrons. The molecule has 0 amide bonds. The third-order valence-electron chi connectivity index (χ3n) is 7.22. The first-order valence-corrected chi connectivity index (χ1v) is 11.8. The van der Waals surface area contributed by atoms with Gasteiger partial charge in [-0.1, -0.05) is 53.7 Å². The minimum atomic E-state index is 0.0274. The highest BCUT2D eigenvalue weighted by Gasteiger charge is 2.24. The van der Waals surface area contributed by atoms with Gasteiger partial charge in [-0.25, -0.2) is 0 Å². The van der Waals surface area contributed by atoms with Gasteiger partial charge in [0.1, 0.15) is 6.07 Å². The summed E-state index contributed by atoms with van der Waals surface area (Å²) < 4.78 is 2.23. The van der Waals surface area contributed by atoms with E-state index in [1.54, 1.807) is 0 Å². The van der Waals surface area contributed by atoms with E-state index < -0.39 is 0 Å². The predicted molar refractivity (Wildman–Crippen MR) is 142 cm³/mol. The van der Waals surface area contributed by atoms with Crippen molar-refractivity contribution in [2.45, 2.75) is 73.1 Å². The Balaban J connectivity index is 2.25. The second-order valence-corrected chi connectivity index (χ2v) is 11.5. The van der Waals surface area contributed by atoms with Gasteiger partial charge in [0.15, 0.2) is 0 Å². The van der Waals surface area contributed by atoms with E-state index in [2.05, 4.69) is 94.6 Å². The maximum Gasteiger partial charge on any atom is 0.102 e. The lowest BCUT2D eigenvalue weighted by Gasteiger charge is -2.20. The minimum absolute atomic E-state index is 0.0274. The van der Waals surface area contributed by atoms with E-state index in [4.69, 9.17) is 0 Å². The molecule has 0 aliphatic rings. The fourth-order valence-electron chi connectivity index (χ4n) is 4.92. The SMILES string of the molecule is Cc1c(C)c(-n2c3ccc(C(C)(C)C)cc3c3cc(C(C)(C)C)ccc32)c(C#N)c(C)c1C#N.